The van der Waals surface area contributed by atoms with E-state index in [2.05, 4.69) is 17.0 Å². The van der Waals surface area contributed by atoms with E-state index in [4.69, 9.17) is 11.6 Å². The van der Waals surface area contributed by atoms with Crippen LogP contribution in [-0.2, 0) is 10.0 Å². The minimum atomic E-state index is -3.61. The van der Waals surface area contributed by atoms with Crippen molar-refractivity contribution >= 4 is 27.5 Å². The summed E-state index contributed by atoms with van der Waals surface area (Å²) in [6.07, 6.45) is 5.45. The van der Waals surface area contributed by atoms with Crippen LogP contribution in [0.1, 0.15) is 56.3 Å². The largest absolute Gasteiger partial charge is 0.350 e. The van der Waals surface area contributed by atoms with Crippen molar-refractivity contribution in [3.8, 4) is 0 Å². The molecule has 0 bridgehead atoms. The van der Waals surface area contributed by atoms with Gasteiger partial charge in [0.05, 0.1) is 15.5 Å². The van der Waals surface area contributed by atoms with Crippen LogP contribution in [0, 0.1) is 0 Å². The Balaban J connectivity index is 2.78. The Morgan fingerprint density at radius 3 is 2.57 bits per heavy atom. The molecule has 0 radical (unpaired) electrons. The quantitative estimate of drug-likeness (QED) is 0.663. The maximum absolute atomic E-state index is 12.3. The number of amides is 1. The molecule has 130 valence electrons. The van der Waals surface area contributed by atoms with Gasteiger partial charge in [-0.15, -0.1) is 0 Å². The zero-order valence-corrected chi connectivity index (χ0v) is 15.4. The van der Waals surface area contributed by atoms with Crippen LogP contribution in [0.2, 0.25) is 5.02 Å². The third-order valence-corrected chi connectivity index (χ3v) is 5.37. The second-order valence-electron chi connectivity index (χ2n) is 5.57. The lowest BCUT2D eigenvalue weighted by Crippen LogP contribution is -2.33. The first-order valence-corrected chi connectivity index (χ1v) is 9.72. The summed E-state index contributed by atoms with van der Waals surface area (Å²) >= 11 is 6.04. The van der Waals surface area contributed by atoms with Crippen molar-refractivity contribution in [3.63, 3.8) is 0 Å². The molecule has 7 heteroatoms. The van der Waals surface area contributed by atoms with E-state index in [-0.39, 0.29) is 27.4 Å². The summed E-state index contributed by atoms with van der Waals surface area (Å²) in [5.74, 6) is -0.355. The van der Waals surface area contributed by atoms with E-state index >= 15 is 0 Å². The molecule has 0 spiro atoms. The van der Waals surface area contributed by atoms with Crippen LogP contribution in [0.5, 0.6) is 0 Å². The van der Waals surface area contributed by atoms with Gasteiger partial charge < -0.3 is 5.32 Å². The standard InChI is InChI=1S/C16H25ClN2O3S/c1-4-5-6-7-8-12(2)19-16(20)14-11-13(9-10-15(14)17)23(21,22)18-3/h9-12,18H,4-8H2,1-3H3,(H,19,20). The highest BCUT2D eigenvalue weighted by Gasteiger charge is 2.18. The fraction of sp³-hybridized carbons (Fsp3) is 0.562. The Bertz CT molecular complexity index is 632. The molecular weight excluding hydrogens is 336 g/mol. The topological polar surface area (TPSA) is 75.3 Å². The van der Waals surface area contributed by atoms with Gasteiger partial charge in [-0.25, -0.2) is 13.1 Å². The fourth-order valence-corrected chi connectivity index (χ4v) is 3.17. The lowest BCUT2D eigenvalue weighted by molar-refractivity contribution is 0.0938. The molecule has 1 aromatic carbocycles. The Labute approximate surface area is 143 Å². The second-order valence-corrected chi connectivity index (χ2v) is 7.87. The van der Waals surface area contributed by atoms with E-state index in [0.717, 1.165) is 19.3 Å². The van der Waals surface area contributed by atoms with Crippen LogP contribution in [0.15, 0.2) is 23.1 Å². The van der Waals surface area contributed by atoms with Crippen molar-refractivity contribution in [2.24, 2.45) is 0 Å². The SMILES string of the molecule is CCCCCCC(C)NC(=O)c1cc(S(=O)(=O)NC)ccc1Cl. The average molecular weight is 361 g/mol. The molecule has 0 aromatic heterocycles. The molecule has 0 aliphatic rings. The molecular formula is C16H25ClN2O3S. The lowest BCUT2D eigenvalue weighted by Gasteiger charge is -2.15. The second kappa shape index (κ2) is 9.25. The number of hydrogen-bond acceptors (Lipinski definition) is 3. The van der Waals surface area contributed by atoms with Gasteiger partial charge >= 0.3 is 0 Å². The van der Waals surface area contributed by atoms with Gasteiger partial charge in [0, 0.05) is 6.04 Å². The van der Waals surface area contributed by atoms with Crippen molar-refractivity contribution in [3.05, 3.63) is 28.8 Å². The molecule has 1 unspecified atom stereocenters. The summed E-state index contributed by atoms with van der Waals surface area (Å²) < 4.78 is 25.9. The molecule has 0 saturated carbocycles. The van der Waals surface area contributed by atoms with Gasteiger partial charge in [0.15, 0.2) is 0 Å². The van der Waals surface area contributed by atoms with Crippen LogP contribution in [-0.4, -0.2) is 27.4 Å². The van der Waals surface area contributed by atoms with E-state index in [1.165, 1.54) is 38.1 Å². The summed E-state index contributed by atoms with van der Waals surface area (Å²) in [6, 6.07) is 4.11. The Morgan fingerprint density at radius 1 is 1.26 bits per heavy atom. The number of carbonyl (C=O) groups is 1. The van der Waals surface area contributed by atoms with Crippen LogP contribution in [0.3, 0.4) is 0 Å². The molecule has 2 N–H and O–H groups in total. The molecule has 1 amide bonds. The van der Waals surface area contributed by atoms with Gasteiger partial charge in [-0.05, 0) is 38.6 Å². The van der Waals surface area contributed by atoms with Crippen molar-refractivity contribution in [1.29, 1.82) is 0 Å². The van der Waals surface area contributed by atoms with Crippen LogP contribution < -0.4 is 10.0 Å². The maximum atomic E-state index is 12.3. The van der Waals surface area contributed by atoms with E-state index in [9.17, 15) is 13.2 Å². The van der Waals surface area contributed by atoms with Crippen LogP contribution >= 0.6 is 11.6 Å². The highest BCUT2D eigenvalue weighted by Crippen LogP contribution is 2.20. The van der Waals surface area contributed by atoms with Gasteiger partial charge in [-0.2, -0.15) is 0 Å². The number of unbranched alkanes of at least 4 members (excludes halogenated alkanes) is 3. The molecule has 0 fully saturated rings. The van der Waals surface area contributed by atoms with Gasteiger partial charge in [0.25, 0.3) is 5.91 Å². The van der Waals surface area contributed by atoms with Crippen molar-refractivity contribution in [1.82, 2.24) is 10.0 Å². The number of carbonyl (C=O) groups excluding carboxylic acids is 1. The van der Waals surface area contributed by atoms with Crippen LogP contribution in [0.4, 0.5) is 0 Å². The number of rotatable bonds is 9. The monoisotopic (exact) mass is 360 g/mol. The molecule has 0 aliphatic heterocycles. The first kappa shape index (κ1) is 19.9. The fourth-order valence-electron chi connectivity index (χ4n) is 2.21. The lowest BCUT2D eigenvalue weighted by atomic mass is 10.1. The average Bonchev–Trinajstić information content (AvgIpc) is 2.51. The van der Waals surface area contributed by atoms with Crippen molar-refractivity contribution in [2.45, 2.75) is 56.9 Å². The number of nitrogens with one attached hydrogen (secondary N) is 2. The number of benzene rings is 1. The molecule has 1 atom stereocenters. The molecule has 1 aromatic rings. The van der Waals surface area contributed by atoms with Crippen molar-refractivity contribution < 1.29 is 13.2 Å². The Hall–Kier alpha value is -1.11. The maximum Gasteiger partial charge on any atom is 0.253 e. The van der Waals surface area contributed by atoms with E-state index in [1.54, 1.807) is 0 Å². The molecule has 23 heavy (non-hydrogen) atoms. The molecule has 0 aliphatic carbocycles. The number of sulfonamides is 1. The Kier molecular flexibility index (Phi) is 8.02. The summed E-state index contributed by atoms with van der Waals surface area (Å²) in [4.78, 5) is 12.3. The summed E-state index contributed by atoms with van der Waals surface area (Å²) in [7, 11) is -2.29. The number of halogens is 1. The molecule has 0 heterocycles. The summed E-state index contributed by atoms with van der Waals surface area (Å²) in [5, 5.41) is 3.10. The predicted octanol–water partition coefficient (Wildman–Crippen LogP) is 3.34. The van der Waals surface area contributed by atoms with E-state index in [0.29, 0.717) is 0 Å². The number of hydrogen-bond donors (Lipinski definition) is 2. The molecule has 0 saturated heterocycles. The zero-order chi connectivity index (χ0) is 17.5. The van der Waals surface area contributed by atoms with Gasteiger partial charge in [0.2, 0.25) is 10.0 Å². The van der Waals surface area contributed by atoms with Gasteiger partial charge in [-0.3, -0.25) is 4.79 Å². The summed E-state index contributed by atoms with van der Waals surface area (Å²) in [5.41, 5.74) is 0.170. The summed E-state index contributed by atoms with van der Waals surface area (Å²) in [6.45, 7) is 4.09. The van der Waals surface area contributed by atoms with E-state index < -0.39 is 10.0 Å². The first-order valence-electron chi connectivity index (χ1n) is 7.85. The van der Waals surface area contributed by atoms with E-state index in [1.807, 2.05) is 6.92 Å². The van der Waals surface area contributed by atoms with Crippen LogP contribution in [0.25, 0.3) is 0 Å². The third-order valence-electron chi connectivity index (χ3n) is 3.63. The van der Waals surface area contributed by atoms with Crippen molar-refractivity contribution in [2.75, 3.05) is 7.05 Å². The zero-order valence-electron chi connectivity index (χ0n) is 13.9. The molecule has 1 rings (SSSR count). The highest BCUT2D eigenvalue weighted by atomic mass is 35.5. The molecule has 5 nitrogen and oxygen atoms in total. The minimum absolute atomic E-state index is 0.0139. The third kappa shape index (κ3) is 6.12. The van der Waals surface area contributed by atoms with Gasteiger partial charge in [0.1, 0.15) is 0 Å². The highest BCUT2D eigenvalue weighted by molar-refractivity contribution is 7.89. The van der Waals surface area contributed by atoms with Gasteiger partial charge in [-0.1, -0.05) is 44.2 Å². The first-order chi connectivity index (χ1) is 10.8. The Morgan fingerprint density at radius 2 is 1.96 bits per heavy atom. The normalized spacial score (nSPS) is 12.9. The minimum Gasteiger partial charge on any atom is -0.350 e. The predicted molar refractivity (Wildman–Crippen MR) is 93.4 cm³/mol. The smallest absolute Gasteiger partial charge is 0.253 e.